The third kappa shape index (κ3) is 4.81. The maximum atomic E-state index is 11.1. The Morgan fingerprint density at radius 1 is 1.17 bits per heavy atom. The highest BCUT2D eigenvalue weighted by Gasteiger charge is 2.26. The predicted octanol–water partition coefficient (Wildman–Crippen LogP) is 4.74. The fraction of sp³-hybridized carbons (Fsp3) is 0.333. The van der Waals surface area contributed by atoms with Crippen molar-refractivity contribution in [1.82, 2.24) is 4.90 Å². The third-order valence-electron chi connectivity index (χ3n) is 5.34. The lowest BCUT2D eigenvalue weighted by Crippen LogP contribution is -2.30. The van der Waals surface area contributed by atoms with Crippen molar-refractivity contribution in [3.63, 3.8) is 0 Å². The second kappa shape index (κ2) is 8.57. The van der Waals surface area contributed by atoms with Gasteiger partial charge < -0.3 is 14.6 Å². The van der Waals surface area contributed by atoms with Gasteiger partial charge in [-0.1, -0.05) is 24.3 Å². The molecule has 0 saturated carbocycles. The van der Waals surface area contributed by atoms with E-state index in [0.717, 1.165) is 42.3 Å². The number of fused-ring (bicyclic) bond motifs is 1. The molecule has 0 aliphatic carbocycles. The molecule has 0 fully saturated rings. The molecule has 29 heavy (non-hydrogen) atoms. The van der Waals surface area contributed by atoms with Crippen LogP contribution in [0.25, 0.3) is 0 Å². The molecule has 1 aliphatic heterocycles. The van der Waals surface area contributed by atoms with Crippen LogP contribution < -0.4 is 9.47 Å². The van der Waals surface area contributed by atoms with Crippen molar-refractivity contribution in [3.8, 4) is 11.5 Å². The molecule has 1 atom stereocenters. The molecule has 2 heterocycles. The average Bonchev–Trinajstić information content (AvgIpc) is 3.01. The number of aryl methyl sites for hydroxylation is 1. The number of ether oxygens (including phenoxy) is 2. The summed E-state index contributed by atoms with van der Waals surface area (Å²) in [7, 11) is 0. The van der Waals surface area contributed by atoms with Crippen LogP contribution in [-0.2, 0) is 18.7 Å². The molecule has 0 amide bonds. The number of thiophene rings is 1. The minimum Gasteiger partial charge on any atom is -0.492 e. The Balaban J connectivity index is 1.50. The predicted molar refractivity (Wildman–Crippen MR) is 117 cm³/mol. The zero-order chi connectivity index (χ0) is 20.3. The number of nitrogens with zero attached hydrogens (tertiary/aromatic N) is 1. The first-order valence-electron chi connectivity index (χ1n) is 9.93. The number of rotatable bonds is 6. The van der Waals surface area contributed by atoms with E-state index in [1.54, 1.807) is 18.3 Å². The highest BCUT2D eigenvalue weighted by Crippen LogP contribution is 2.31. The van der Waals surface area contributed by atoms with E-state index >= 15 is 0 Å². The topological polar surface area (TPSA) is 41.9 Å². The van der Waals surface area contributed by atoms with Crippen LogP contribution in [-0.4, -0.2) is 29.8 Å². The molecule has 0 unspecified atom stereocenters. The van der Waals surface area contributed by atoms with E-state index in [1.807, 2.05) is 42.5 Å². The van der Waals surface area contributed by atoms with Gasteiger partial charge in [-0.05, 0) is 60.7 Å². The standard InChI is InChI=1S/C24H27NO3S/c1-18-10-13-29-23(18)16-25-11-12-27-22-9-8-20(14-19(22)15-25)24(2,26)17-28-21-6-4-3-5-7-21/h3-10,13-14,26H,11-12,15-17H2,1-2H3/t24-/m1/s1. The van der Waals surface area contributed by atoms with E-state index in [4.69, 9.17) is 9.47 Å². The van der Waals surface area contributed by atoms with Crippen molar-refractivity contribution in [3.05, 3.63) is 81.5 Å². The molecule has 5 heteroatoms. The number of hydrogen-bond donors (Lipinski definition) is 1. The van der Waals surface area contributed by atoms with E-state index < -0.39 is 5.60 Å². The zero-order valence-corrected chi connectivity index (χ0v) is 17.7. The maximum Gasteiger partial charge on any atom is 0.123 e. The Morgan fingerprint density at radius 2 is 2.00 bits per heavy atom. The van der Waals surface area contributed by atoms with Gasteiger partial charge in [0.25, 0.3) is 0 Å². The summed E-state index contributed by atoms with van der Waals surface area (Å²) in [4.78, 5) is 3.80. The van der Waals surface area contributed by atoms with Crippen LogP contribution in [0.5, 0.6) is 11.5 Å². The van der Waals surface area contributed by atoms with Crippen molar-refractivity contribution < 1.29 is 14.6 Å². The Hall–Kier alpha value is -2.34. The van der Waals surface area contributed by atoms with Crippen molar-refractivity contribution >= 4 is 11.3 Å². The quantitative estimate of drug-likeness (QED) is 0.639. The molecular formula is C24H27NO3S. The van der Waals surface area contributed by atoms with E-state index in [1.165, 1.54) is 10.4 Å². The summed E-state index contributed by atoms with van der Waals surface area (Å²) in [6, 6.07) is 17.7. The number of aliphatic hydroxyl groups is 1. The van der Waals surface area contributed by atoms with E-state index in [-0.39, 0.29) is 6.61 Å². The van der Waals surface area contributed by atoms with E-state index in [2.05, 4.69) is 29.3 Å². The molecule has 4 nitrogen and oxygen atoms in total. The van der Waals surface area contributed by atoms with Gasteiger partial charge in [0.1, 0.15) is 30.3 Å². The zero-order valence-electron chi connectivity index (χ0n) is 16.9. The lowest BCUT2D eigenvalue weighted by atomic mass is 9.94. The van der Waals surface area contributed by atoms with Crippen LogP contribution in [0.1, 0.15) is 28.5 Å². The van der Waals surface area contributed by atoms with Gasteiger partial charge in [0.05, 0.1) is 0 Å². The second-order valence-electron chi connectivity index (χ2n) is 7.78. The first-order valence-corrected chi connectivity index (χ1v) is 10.8. The molecule has 4 rings (SSSR count). The number of para-hydroxylation sites is 1. The minimum absolute atomic E-state index is 0.189. The third-order valence-corrected chi connectivity index (χ3v) is 6.35. The summed E-state index contributed by atoms with van der Waals surface area (Å²) in [6.07, 6.45) is 0. The van der Waals surface area contributed by atoms with Crippen LogP contribution in [0.2, 0.25) is 0 Å². The fourth-order valence-electron chi connectivity index (χ4n) is 3.51. The normalized spacial score (nSPS) is 16.4. The van der Waals surface area contributed by atoms with Gasteiger partial charge in [0.2, 0.25) is 0 Å². The molecule has 1 N–H and O–H groups in total. The molecule has 1 aliphatic rings. The molecule has 0 spiro atoms. The average molecular weight is 410 g/mol. The molecule has 2 aromatic carbocycles. The molecule has 3 aromatic rings. The van der Waals surface area contributed by atoms with Gasteiger partial charge in [-0.25, -0.2) is 0 Å². The first-order chi connectivity index (χ1) is 14.0. The van der Waals surface area contributed by atoms with Crippen molar-refractivity contribution in [2.75, 3.05) is 19.8 Å². The summed E-state index contributed by atoms with van der Waals surface area (Å²) in [5, 5.41) is 13.2. The van der Waals surface area contributed by atoms with Crippen LogP contribution in [0.3, 0.4) is 0 Å². The fourth-order valence-corrected chi connectivity index (χ4v) is 4.46. The lowest BCUT2D eigenvalue weighted by Gasteiger charge is -2.25. The molecule has 1 aromatic heterocycles. The summed E-state index contributed by atoms with van der Waals surface area (Å²) in [5.74, 6) is 1.65. The largest absolute Gasteiger partial charge is 0.492 e. The van der Waals surface area contributed by atoms with Gasteiger partial charge in [-0.2, -0.15) is 0 Å². The monoisotopic (exact) mass is 409 g/mol. The molecule has 0 saturated heterocycles. The molecule has 152 valence electrons. The summed E-state index contributed by atoms with van der Waals surface area (Å²) in [6.45, 7) is 7.42. The molecule has 0 radical (unpaired) electrons. The van der Waals surface area contributed by atoms with Gasteiger partial charge in [-0.3, -0.25) is 4.90 Å². The Labute approximate surface area is 176 Å². The number of hydrogen-bond acceptors (Lipinski definition) is 5. The van der Waals surface area contributed by atoms with Gasteiger partial charge in [-0.15, -0.1) is 11.3 Å². The Morgan fingerprint density at radius 3 is 2.76 bits per heavy atom. The van der Waals surface area contributed by atoms with Crippen molar-refractivity contribution in [2.24, 2.45) is 0 Å². The Bertz CT molecular complexity index is 952. The smallest absolute Gasteiger partial charge is 0.123 e. The maximum absolute atomic E-state index is 11.1. The van der Waals surface area contributed by atoms with Crippen LogP contribution >= 0.6 is 11.3 Å². The highest BCUT2D eigenvalue weighted by molar-refractivity contribution is 7.10. The van der Waals surface area contributed by atoms with Gasteiger partial charge in [0.15, 0.2) is 0 Å². The van der Waals surface area contributed by atoms with E-state index in [0.29, 0.717) is 6.61 Å². The SMILES string of the molecule is Cc1ccsc1CN1CCOc2ccc([C@](C)(O)COc3ccccc3)cc2C1. The molecule has 0 bridgehead atoms. The molecular weight excluding hydrogens is 382 g/mol. The van der Waals surface area contributed by atoms with Crippen molar-refractivity contribution in [2.45, 2.75) is 32.5 Å². The number of benzene rings is 2. The summed E-state index contributed by atoms with van der Waals surface area (Å²) >= 11 is 1.80. The minimum atomic E-state index is -1.09. The van der Waals surface area contributed by atoms with E-state index in [9.17, 15) is 5.11 Å². The van der Waals surface area contributed by atoms with Gasteiger partial charge in [0, 0.05) is 30.1 Å². The second-order valence-corrected chi connectivity index (χ2v) is 8.78. The van der Waals surface area contributed by atoms with Crippen LogP contribution in [0, 0.1) is 6.92 Å². The van der Waals surface area contributed by atoms with Gasteiger partial charge >= 0.3 is 0 Å². The summed E-state index contributed by atoms with van der Waals surface area (Å²) < 4.78 is 11.8. The summed E-state index contributed by atoms with van der Waals surface area (Å²) in [5.41, 5.74) is 2.20. The lowest BCUT2D eigenvalue weighted by molar-refractivity contribution is 0.00748. The first kappa shape index (κ1) is 20.0. The highest BCUT2D eigenvalue weighted by atomic mass is 32.1. The van der Waals surface area contributed by atoms with Crippen LogP contribution in [0.4, 0.5) is 0 Å². The van der Waals surface area contributed by atoms with Crippen LogP contribution in [0.15, 0.2) is 60.0 Å². The van der Waals surface area contributed by atoms with Crippen molar-refractivity contribution in [1.29, 1.82) is 0 Å². The Kier molecular flexibility index (Phi) is 5.90.